The van der Waals surface area contributed by atoms with Gasteiger partial charge in [-0.2, -0.15) is 0 Å². The summed E-state index contributed by atoms with van der Waals surface area (Å²) in [4.78, 5) is 23.9. The highest BCUT2D eigenvalue weighted by Crippen LogP contribution is 2.21. The number of aromatic nitrogens is 3. The van der Waals surface area contributed by atoms with E-state index in [4.69, 9.17) is 10.5 Å². The number of pyridine rings is 1. The second kappa shape index (κ2) is 10.6. The molecule has 0 aromatic carbocycles. The molecule has 1 aliphatic heterocycles. The van der Waals surface area contributed by atoms with Crippen LogP contribution < -0.4 is 10.6 Å². The Bertz CT molecular complexity index is 961. The molecule has 1 unspecified atom stereocenters. The molecule has 0 spiro atoms. The minimum absolute atomic E-state index is 0.141. The summed E-state index contributed by atoms with van der Waals surface area (Å²) in [5.74, 6) is -0.262. The number of hydrogen-bond acceptors (Lipinski definition) is 7. The first-order chi connectivity index (χ1) is 14.9. The second-order valence-corrected chi connectivity index (χ2v) is 7.55. The van der Waals surface area contributed by atoms with Gasteiger partial charge in [0.05, 0.1) is 18.2 Å². The van der Waals surface area contributed by atoms with Crippen molar-refractivity contribution in [3.05, 3.63) is 59.2 Å². The van der Waals surface area contributed by atoms with Crippen molar-refractivity contribution < 1.29 is 14.3 Å². The van der Waals surface area contributed by atoms with Gasteiger partial charge < -0.3 is 21.1 Å². The van der Waals surface area contributed by atoms with Crippen LogP contribution in [0.15, 0.2) is 36.6 Å². The van der Waals surface area contributed by atoms with Gasteiger partial charge in [-0.3, -0.25) is 4.79 Å². The van der Waals surface area contributed by atoms with E-state index in [1.54, 1.807) is 6.92 Å². The maximum Gasteiger partial charge on any atom is 0.305 e. The SMILES string of the molecule is Cc1ncc(C(CC(=O)O)N/C=C(/F)C(=N)CCCc2ccc3c(n2)NCCC3)cn1. The minimum Gasteiger partial charge on any atom is -0.481 e. The molecule has 164 valence electrons. The predicted molar refractivity (Wildman–Crippen MR) is 116 cm³/mol. The molecule has 9 heteroatoms. The van der Waals surface area contributed by atoms with Gasteiger partial charge in [-0.05, 0) is 50.7 Å². The molecule has 3 heterocycles. The van der Waals surface area contributed by atoms with Crippen LogP contribution in [0.4, 0.5) is 10.2 Å². The van der Waals surface area contributed by atoms with E-state index in [0.717, 1.165) is 37.1 Å². The Kier molecular flexibility index (Phi) is 7.64. The summed E-state index contributed by atoms with van der Waals surface area (Å²) in [5, 5.41) is 23.1. The minimum atomic E-state index is -1.03. The number of carboxylic acids is 1. The zero-order valence-electron chi connectivity index (χ0n) is 17.5. The lowest BCUT2D eigenvalue weighted by Crippen LogP contribution is -2.20. The molecule has 1 atom stereocenters. The number of rotatable bonds is 10. The summed E-state index contributed by atoms with van der Waals surface area (Å²) in [6.45, 7) is 2.65. The average Bonchev–Trinajstić information content (AvgIpc) is 2.76. The number of hydrogen-bond donors (Lipinski definition) is 4. The topological polar surface area (TPSA) is 124 Å². The summed E-state index contributed by atoms with van der Waals surface area (Å²) in [7, 11) is 0. The van der Waals surface area contributed by atoms with Crippen LogP contribution in [0, 0.1) is 12.3 Å². The largest absolute Gasteiger partial charge is 0.481 e. The molecule has 0 saturated carbocycles. The molecule has 31 heavy (non-hydrogen) atoms. The lowest BCUT2D eigenvalue weighted by atomic mass is 10.0. The van der Waals surface area contributed by atoms with E-state index in [0.29, 0.717) is 24.2 Å². The Morgan fingerprint density at radius 1 is 1.39 bits per heavy atom. The zero-order valence-corrected chi connectivity index (χ0v) is 17.5. The monoisotopic (exact) mass is 426 g/mol. The van der Waals surface area contributed by atoms with Crippen LogP contribution in [0.1, 0.15) is 54.4 Å². The van der Waals surface area contributed by atoms with Crippen molar-refractivity contribution in [2.75, 3.05) is 11.9 Å². The molecular formula is C22H27FN6O2. The third-order valence-electron chi connectivity index (χ3n) is 5.09. The molecule has 0 amide bonds. The maximum absolute atomic E-state index is 14.4. The Hall–Kier alpha value is -3.36. The summed E-state index contributed by atoms with van der Waals surface area (Å²) in [6, 6.07) is 3.38. The Morgan fingerprint density at radius 2 is 2.16 bits per heavy atom. The van der Waals surface area contributed by atoms with Gasteiger partial charge in [-0.25, -0.2) is 19.3 Å². The molecule has 4 N–H and O–H groups in total. The van der Waals surface area contributed by atoms with Crippen LogP contribution >= 0.6 is 0 Å². The number of aliphatic carboxylic acids is 1. The lowest BCUT2D eigenvalue weighted by Gasteiger charge is -2.17. The third kappa shape index (κ3) is 6.56. The van der Waals surface area contributed by atoms with Gasteiger partial charge in [0.15, 0.2) is 5.83 Å². The fourth-order valence-corrected chi connectivity index (χ4v) is 3.36. The number of nitrogens with zero attached hydrogens (tertiary/aromatic N) is 3. The number of anilines is 1. The molecule has 0 aliphatic carbocycles. The van der Waals surface area contributed by atoms with E-state index in [2.05, 4.69) is 31.7 Å². The summed E-state index contributed by atoms with van der Waals surface area (Å²) in [5.41, 5.74) is 2.54. The number of aryl methyl sites for hydroxylation is 3. The first-order valence-electron chi connectivity index (χ1n) is 10.3. The van der Waals surface area contributed by atoms with E-state index in [1.807, 2.05) is 6.07 Å². The maximum atomic E-state index is 14.4. The smallest absolute Gasteiger partial charge is 0.305 e. The number of halogens is 1. The third-order valence-corrected chi connectivity index (χ3v) is 5.09. The van der Waals surface area contributed by atoms with Crippen LogP contribution in [-0.2, 0) is 17.6 Å². The van der Waals surface area contributed by atoms with Gasteiger partial charge in [0.1, 0.15) is 11.6 Å². The normalized spacial score (nSPS) is 14.3. The average molecular weight is 426 g/mol. The molecular weight excluding hydrogens is 399 g/mol. The van der Waals surface area contributed by atoms with Crippen molar-refractivity contribution in [1.29, 1.82) is 5.41 Å². The first kappa shape index (κ1) is 22.3. The molecule has 0 fully saturated rings. The lowest BCUT2D eigenvalue weighted by molar-refractivity contribution is -0.137. The van der Waals surface area contributed by atoms with E-state index in [1.165, 1.54) is 18.0 Å². The van der Waals surface area contributed by atoms with E-state index >= 15 is 0 Å². The predicted octanol–water partition coefficient (Wildman–Crippen LogP) is 3.50. The molecule has 3 rings (SSSR count). The summed E-state index contributed by atoms with van der Waals surface area (Å²) < 4.78 is 14.4. The highest BCUT2D eigenvalue weighted by atomic mass is 19.1. The molecule has 2 aromatic rings. The Labute approximate surface area is 180 Å². The van der Waals surface area contributed by atoms with Crippen molar-refractivity contribution in [3.63, 3.8) is 0 Å². The Morgan fingerprint density at radius 3 is 2.90 bits per heavy atom. The van der Waals surface area contributed by atoms with E-state index < -0.39 is 17.8 Å². The molecule has 0 radical (unpaired) electrons. The zero-order chi connectivity index (χ0) is 22.2. The highest BCUT2D eigenvalue weighted by molar-refractivity contribution is 5.95. The van der Waals surface area contributed by atoms with E-state index in [9.17, 15) is 9.18 Å². The number of fused-ring (bicyclic) bond motifs is 1. The van der Waals surface area contributed by atoms with Crippen molar-refractivity contribution in [2.24, 2.45) is 0 Å². The molecule has 0 saturated heterocycles. The standard InChI is InChI=1S/C22H27FN6O2/c1-14-26-11-16(12-27-14)20(10-21(30)31)28-13-18(23)19(24)6-2-5-17-8-7-15-4-3-9-25-22(15)29-17/h7-8,11-13,20,24,28H,2-6,9-10H2,1H3,(H,25,29)(H,30,31)/b18-13+,24-19?. The summed E-state index contributed by atoms with van der Waals surface area (Å²) in [6.07, 6.45) is 7.46. The number of carbonyl (C=O) groups is 1. The van der Waals surface area contributed by atoms with Crippen molar-refractivity contribution in [3.8, 4) is 0 Å². The fraction of sp³-hybridized carbons (Fsp3) is 0.409. The fourth-order valence-electron chi connectivity index (χ4n) is 3.36. The number of carboxylic acid groups (broad SMARTS) is 1. The quantitative estimate of drug-likeness (QED) is 0.429. The van der Waals surface area contributed by atoms with Gasteiger partial charge in [0, 0.05) is 36.4 Å². The van der Waals surface area contributed by atoms with Crippen LogP contribution in [0.5, 0.6) is 0 Å². The summed E-state index contributed by atoms with van der Waals surface area (Å²) >= 11 is 0. The van der Waals surface area contributed by atoms with Crippen molar-refractivity contribution in [1.82, 2.24) is 20.3 Å². The van der Waals surface area contributed by atoms with Gasteiger partial charge in [0.25, 0.3) is 0 Å². The van der Waals surface area contributed by atoms with Crippen LogP contribution in [0.25, 0.3) is 0 Å². The van der Waals surface area contributed by atoms with Crippen molar-refractivity contribution in [2.45, 2.75) is 51.5 Å². The van der Waals surface area contributed by atoms with Crippen LogP contribution in [-0.4, -0.2) is 38.3 Å². The highest BCUT2D eigenvalue weighted by Gasteiger charge is 2.16. The van der Waals surface area contributed by atoms with Gasteiger partial charge >= 0.3 is 5.97 Å². The van der Waals surface area contributed by atoms with Crippen LogP contribution in [0.2, 0.25) is 0 Å². The second-order valence-electron chi connectivity index (χ2n) is 7.55. The first-order valence-corrected chi connectivity index (χ1v) is 10.3. The molecule has 8 nitrogen and oxygen atoms in total. The molecule has 1 aliphatic rings. The van der Waals surface area contributed by atoms with Crippen molar-refractivity contribution >= 4 is 17.5 Å². The van der Waals surface area contributed by atoms with Gasteiger partial charge in [0.2, 0.25) is 0 Å². The van der Waals surface area contributed by atoms with Gasteiger partial charge in [-0.1, -0.05) is 6.07 Å². The number of nitrogens with one attached hydrogen (secondary N) is 3. The van der Waals surface area contributed by atoms with Crippen LogP contribution in [0.3, 0.4) is 0 Å². The van der Waals surface area contributed by atoms with Gasteiger partial charge in [-0.15, -0.1) is 0 Å². The Balaban J connectivity index is 1.53. The molecule has 0 bridgehead atoms. The van der Waals surface area contributed by atoms with E-state index in [-0.39, 0.29) is 18.6 Å². The number of allylic oxidation sites excluding steroid dienone is 1. The molecule has 2 aromatic heterocycles.